The van der Waals surface area contributed by atoms with Crippen LogP contribution in [0.25, 0.3) is 10.4 Å². The molecule has 0 aliphatic carbocycles. The molecule has 0 radical (unpaired) electrons. The van der Waals surface area contributed by atoms with Crippen LogP contribution < -0.4 is 11.4 Å². The maximum Gasteiger partial charge on any atom is 0.351 e. The van der Waals surface area contributed by atoms with E-state index in [1.807, 2.05) is 19.1 Å². The van der Waals surface area contributed by atoms with E-state index in [-0.39, 0.29) is 18.8 Å². The van der Waals surface area contributed by atoms with Gasteiger partial charge in [-0.2, -0.15) is 4.98 Å². The topological polar surface area (TPSA) is 111 Å². The molecule has 0 saturated carbocycles. The molecule has 1 aliphatic rings. The fourth-order valence-corrected chi connectivity index (χ4v) is 3.39. The van der Waals surface area contributed by atoms with Crippen LogP contribution in [0.4, 0.5) is 5.82 Å². The summed E-state index contributed by atoms with van der Waals surface area (Å²) in [7, 11) is 0. The Labute approximate surface area is 130 Å². The van der Waals surface area contributed by atoms with Crippen molar-refractivity contribution in [1.82, 2.24) is 9.55 Å². The summed E-state index contributed by atoms with van der Waals surface area (Å²) in [5, 5.41) is 19.0. The van der Waals surface area contributed by atoms with Gasteiger partial charge in [0.05, 0.1) is 18.3 Å². The van der Waals surface area contributed by atoms with Crippen LogP contribution in [0.3, 0.4) is 0 Å². The van der Waals surface area contributed by atoms with Gasteiger partial charge in [0.2, 0.25) is 0 Å². The van der Waals surface area contributed by atoms with Crippen LogP contribution in [0.2, 0.25) is 0 Å². The van der Waals surface area contributed by atoms with Crippen molar-refractivity contribution < 1.29 is 14.9 Å². The third kappa shape index (κ3) is 2.66. The predicted molar refractivity (Wildman–Crippen MR) is 82.6 cm³/mol. The Hall–Kier alpha value is -1.74. The second-order valence-electron chi connectivity index (χ2n) is 5.25. The van der Waals surface area contributed by atoms with Crippen molar-refractivity contribution in [3.63, 3.8) is 0 Å². The van der Waals surface area contributed by atoms with Gasteiger partial charge in [-0.3, -0.25) is 4.57 Å². The second kappa shape index (κ2) is 5.81. The van der Waals surface area contributed by atoms with E-state index in [1.54, 1.807) is 17.5 Å². The molecule has 0 unspecified atom stereocenters. The lowest BCUT2D eigenvalue weighted by Gasteiger charge is -2.15. The van der Waals surface area contributed by atoms with Crippen LogP contribution in [-0.4, -0.2) is 38.6 Å². The van der Waals surface area contributed by atoms with E-state index in [2.05, 4.69) is 4.98 Å². The van der Waals surface area contributed by atoms with Crippen LogP contribution in [-0.2, 0) is 4.74 Å². The van der Waals surface area contributed by atoms with Crippen molar-refractivity contribution in [3.05, 3.63) is 33.7 Å². The molecule has 4 N–H and O–H groups in total. The summed E-state index contributed by atoms with van der Waals surface area (Å²) in [4.78, 5) is 18.0. The van der Waals surface area contributed by atoms with Gasteiger partial charge >= 0.3 is 5.69 Å². The number of hydrogen-bond donors (Lipinski definition) is 3. The monoisotopic (exact) mass is 323 g/mol. The van der Waals surface area contributed by atoms with Crippen LogP contribution in [0.5, 0.6) is 0 Å². The largest absolute Gasteiger partial charge is 0.394 e. The molecule has 2 aromatic heterocycles. The molecular weight excluding hydrogens is 306 g/mol. The maximum atomic E-state index is 12.1. The molecule has 118 valence electrons. The molecule has 22 heavy (non-hydrogen) atoms. The van der Waals surface area contributed by atoms with E-state index in [0.29, 0.717) is 5.56 Å². The fraction of sp³-hybridized carbons (Fsp3) is 0.429. The molecule has 2 aromatic rings. The number of aliphatic hydroxyl groups is 2. The van der Waals surface area contributed by atoms with E-state index in [9.17, 15) is 9.90 Å². The van der Waals surface area contributed by atoms with Gasteiger partial charge in [0.25, 0.3) is 0 Å². The van der Waals surface area contributed by atoms with Gasteiger partial charge in [-0.1, -0.05) is 0 Å². The Morgan fingerprint density at radius 3 is 2.91 bits per heavy atom. The van der Waals surface area contributed by atoms with Gasteiger partial charge in [-0.05, 0) is 19.1 Å². The molecule has 7 nitrogen and oxygen atoms in total. The highest BCUT2D eigenvalue weighted by Crippen LogP contribution is 2.32. The standard InChI is InChI=1S/C14H17N3O4S/c1-7-2-3-11(22-7)8-5-17(14(20)16-13(8)15)12-4-9(19)10(6-18)21-12/h2-3,5,9-10,12,18-19H,4,6H2,1H3,(H2,15,16,20)/t9-,10-,12-/m0/s1. The molecule has 0 amide bonds. The zero-order valence-electron chi connectivity index (χ0n) is 12.0. The Balaban J connectivity index is 2.01. The first-order valence-electron chi connectivity index (χ1n) is 6.89. The Bertz CT molecular complexity index is 742. The van der Waals surface area contributed by atoms with Crippen molar-refractivity contribution >= 4 is 17.2 Å². The highest BCUT2D eigenvalue weighted by molar-refractivity contribution is 7.15. The summed E-state index contributed by atoms with van der Waals surface area (Å²) < 4.78 is 6.83. The van der Waals surface area contributed by atoms with Gasteiger partial charge < -0.3 is 20.7 Å². The number of ether oxygens (including phenoxy) is 1. The fourth-order valence-electron chi connectivity index (χ4n) is 2.51. The number of rotatable bonds is 3. The number of nitrogen functional groups attached to an aromatic ring is 1. The van der Waals surface area contributed by atoms with Gasteiger partial charge in [-0.25, -0.2) is 4.79 Å². The van der Waals surface area contributed by atoms with Crippen LogP contribution in [0.1, 0.15) is 17.5 Å². The molecule has 1 aliphatic heterocycles. The average Bonchev–Trinajstić information content (AvgIpc) is 3.05. The Morgan fingerprint density at radius 1 is 1.55 bits per heavy atom. The summed E-state index contributed by atoms with van der Waals surface area (Å²) in [5.74, 6) is 0.167. The lowest BCUT2D eigenvalue weighted by molar-refractivity contribution is -0.0458. The minimum absolute atomic E-state index is 0.167. The molecule has 0 bridgehead atoms. The van der Waals surface area contributed by atoms with Crippen molar-refractivity contribution in [2.75, 3.05) is 12.3 Å². The second-order valence-corrected chi connectivity index (χ2v) is 6.54. The molecule has 1 fully saturated rings. The predicted octanol–water partition coefficient (Wildman–Crippen LogP) is 0.503. The SMILES string of the molecule is Cc1ccc(-c2cn([C@@H]3C[C@H](O)[C@H](CO)O3)c(=O)nc2N)s1. The van der Waals surface area contributed by atoms with E-state index >= 15 is 0 Å². The molecule has 3 heterocycles. The Morgan fingerprint density at radius 2 is 2.32 bits per heavy atom. The lowest BCUT2D eigenvalue weighted by atomic mass is 10.2. The van der Waals surface area contributed by atoms with Crippen molar-refractivity contribution in [3.8, 4) is 10.4 Å². The molecular formula is C14H17N3O4S. The van der Waals surface area contributed by atoms with Gasteiger partial charge in [0.15, 0.2) is 0 Å². The van der Waals surface area contributed by atoms with Gasteiger partial charge in [0.1, 0.15) is 18.1 Å². The summed E-state index contributed by atoms with van der Waals surface area (Å²) in [6.45, 7) is 1.68. The number of aryl methyl sites for hydroxylation is 1. The highest BCUT2D eigenvalue weighted by atomic mass is 32.1. The summed E-state index contributed by atoms with van der Waals surface area (Å²) >= 11 is 1.55. The summed E-state index contributed by atoms with van der Waals surface area (Å²) in [6, 6.07) is 3.88. The van der Waals surface area contributed by atoms with E-state index in [1.165, 1.54) is 4.57 Å². The number of anilines is 1. The van der Waals surface area contributed by atoms with Crippen molar-refractivity contribution in [2.24, 2.45) is 0 Å². The molecule has 3 atom stereocenters. The van der Waals surface area contributed by atoms with Crippen molar-refractivity contribution in [2.45, 2.75) is 31.8 Å². The quantitative estimate of drug-likeness (QED) is 0.759. The molecule has 8 heteroatoms. The number of hydrogen-bond acceptors (Lipinski definition) is 7. The van der Waals surface area contributed by atoms with Crippen LogP contribution in [0.15, 0.2) is 23.1 Å². The smallest absolute Gasteiger partial charge is 0.351 e. The minimum atomic E-state index is -0.813. The lowest BCUT2D eigenvalue weighted by Crippen LogP contribution is -2.28. The van der Waals surface area contributed by atoms with Crippen molar-refractivity contribution in [1.29, 1.82) is 0 Å². The maximum absolute atomic E-state index is 12.1. The molecule has 3 rings (SSSR count). The minimum Gasteiger partial charge on any atom is -0.394 e. The highest BCUT2D eigenvalue weighted by Gasteiger charge is 2.35. The van der Waals surface area contributed by atoms with E-state index < -0.39 is 24.1 Å². The Kier molecular flexibility index (Phi) is 4.00. The zero-order chi connectivity index (χ0) is 15.9. The summed E-state index contributed by atoms with van der Waals surface area (Å²) in [5.41, 5.74) is 5.98. The third-order valence-corrected chi connectivity index (χ3v) is 4.72. The van der Waals surface area contributed by atoms with Crippen LogP contribution in [0, 0.1) is 6.92 Å². The average molecular weight is 323 g/mol. The van der Waals surface area contributed by atoms with Gasteiger partial charge in [0, 0.05) is 22.4 Å². The van der Waals surface area contributed by atoms with E-state index in [0.717, 1.165) is 9.75 Å². The van der Waals surface area contributed by atoms with Gasteiger partial charge in [-0.15, -0.1) is 11.3 Å². The third-order valence-electron chi connectivity index (χ3n) is 3.68. The molecule has 0 aromatic carbocycles. The molecule has 1 saturated heterocycles. The number of nitrogens with zero attached hydrogens (tertiary/aromatic N) is 2. The first-order chi connectivity index (χ1) is 10.5. The summed E-state index contributed by atoms with van der Waals surface area (Å²) in [6.07, 6.45) is -0.339. The first-order valence-corrected chi connectivity index (χ1v) is 7.71. The zero-order valence-corrected chi connectivity index (χ0v) is 12.8. The number of aromatic nitrogens is 2. The number of thiophene rings is 1. The van der Waals surface area contributed by atoms with E-state index in [4.69, 9.17) is 15.6 Å². The van der Waals surface area contributed by atoms with Crippen LogP contribution >= 0.6 is 11.3 Å². The number of aliphatic hydroxyl groups excluding tert-OH is 2. The number of nitrogens with two attached hydrogens (primary N) is 1. The first kappa shape index (κ1) is 15.2. The molecule has 0 spiro atoms. The normalized spacial score (nSPS) is 24.8.